The lowest BCUT2D eigenvalue weighted by molar-refractivity contribution is -0.161. The highest BCUT2D eigenvalue weighted by Gasteiger charge is 2.39. The molecule has 0 radical (unpaired) electrons. The molecule has 1 aliphatic carbocycles. The summed E-state index contributed by atoms with van der Waals surface area (Å²) in [7, 11) is -4.82. The third-order valence-corrected chi connectivity index (χ3v) is 10.1. The molecule has 53 heavy (non-hydrogen) atoms. The molecular weight excluding hydrogens is 699 g/mol. The van der Waals surface area contributed by atoms with Crippen molar-refractivity contribution in [2.75, 3.05) is 13.2 Å². The molecule has 306 valence electrons. The number of aliphatic hydroxyl groups excluding tert-OH is 2. The van der Waals surface area contributed by atoms with E-state index in [0.29, 0.717) is 25.7 Å². The van der Waals surface area contributed by atoms with E-state index in [0.717, 1.165) is 77.0 Å². The third kappa shape index (κ3) is 27.1. The summed E-state index contributed by atoms with van der Waals surface area (Å²) in [5, 5.41) is 20.7. The Morgan fingerprint density at radius 3 is 2.00 bits per heavy atom. The Morgan fingerprint density at radius 1 is 0.792 bits per heavy atom. The van der Waals surface area contributed by atoms with Crippen molar-refractivity contribution < 1.29 is 52.9 Å². The molecule has 0 bridgehead atoms. The van der Waals surface area contributed by atoms with E-state index in [9.17, 15) is 29.2 Å². The second kappa shape index (κ2) is 31.1. The van der Waals surface area contributed by atoms with E-state index in [1.807, 2.05) is 0 Å². The maximum absolute atomic E-state index is 12.5. The lowest BCUT2D eigenvalue weighted by Gasteiger charge is -2.19. The number of hydrogen-bond donors (Lipinski definition) is 4. The number of rotatable bonds is 33. The van der Waals surface area contributed by atoms with Gasteiger partial charge in [0.25, 0.3) is 0 Å². The normalized spacial score (nSPS) is 19.1. The van der Waals surface area contributed by atoms with Crippen LogP contribution in [0.15, 0.2) is 36.5 Å². The molecule has 1 fully saturated rings. The SMILES string of the molecule is CCCCCC/C=C\C=C/CCCCCCCC(=O)O[C@H](COC(=O)CCCCCC[C@H]1[C@@H](O)CC(=O)[C@@H]1/C=C/[C@@H](O)CCCCC)COP(=O)(O)O. The summed E-state index contributed by atoms with van der Waals surface area (Å²) in [5.41, 5.74) is 0. The van der Waals surface area contributed by atoms with Gasteiger partial charge < -0.3 is 29.5 Å². The summed E-state index contributed by atoms with van der Waals surface area (Å²) in [5.74, 6) is -1.64. The second-order valence-electron chi connectivity index (χ2n) is 14.4. The summed E-state index contributed by atoms with van der Waals surface area (Å²) < 4.78 is 26.3. The second-order valence-corrected chi connectivity index (χ2v) is 15.7. The molecule has 12 heteroatoms. The first-order valence-corrected chi connectivity index (χ1v) is 21.9. The first-order valence-electron chi connectivity index (χ1n) is 20.4. The Balaban J connectivity index is 2.29. The molecule has 0 aromatic carbocycles. The Bertz CT molecular complexity index is 1120. The first-order chi connectivity index (χ1) is 25.5. The van der Waals surface area contributed by atoms with Gasteiger partial charge >= 0.3 is 19.8 Å². The molecule has 0 aromatic heterocycles. The fourth-order valence-electron chi connectivity index (χ4n) is 6.44. The topological polar surface area (TPSA) is 177 Å². The van der Waals surface area contributed by atoms with Gasteiger partial charge in [0.05, 0.1) is 18.8 Å². The number of ether oxygens (including phenoxy) is 2. The lowest BCUT2D eigenvalue weighted by atomic mass is 9.88. The monoisotopic (exact) mass is 770 g/mol. The van der Waals surface area contributed by atoms with Gasteiger partial charge in [-0.2, -0.15) is 0 Å². The molecule has 1 rings (SSSR count). The number of hydrogen-bond acceptors (Lipinski definition) is 9. The molecule has 0 spiro atoms. The predicted molar refractivity (Wildman–Crippen MR) is 208 cm³/mol. The summed E-state index contributed by atoms with van der Waals surface area (Å²) in [6, 6.07) is 0. The molecule has 0 unspecified atom stereocenters. The van der Waals surface area contributed by atoms with Crippen LogP contribution in [0.1, 0.15) is 162 Å². The molecule has 0 aliphatic heterocycles. The van der Waals surface area contributed by atoms with Crippen LogP contribution in [0.5, 0.6) is 0 Å². The van der Waals surface area contributed by atoms with Gasteiger partial charge in [-0.25, -0.2) is 4.57 Å². The van der Waals surface area contributed by atoms with Crippen LogP contribution in [0, 0.1) is 11.8 Å². The van der Waals surface area contributed by atoms with E-state index in [1.54, 1.807) is 12.2 Å². The summed E-state index contributed by atoms with van der Waals surface area (Å²) in [6.07, 6.45) is 29.1. The molecule has 0 aromatic rings. The maximum Gasteiger partial charge on any atom is 0.469 e. The standard InChI is InChI=1S/C41H71O11P/c1-3-5-7-8-9-10-11-12-13-14-15-16-17-18-24-28-41(46)52-35(33-51-53(47,48)49)32-50-40(45)27-23-20-19-22-26-36-37(39(44)31-38(36)43)30-29-34(42)25-21-6-4-2/h10-13,29-30,34-38,42-43H,3-9,14-28,31-33H2,1-2H3,(H2,47,48,49)/b11-10-,13-12-,30-29+/t34-,35+,36+,37+,38-/m0/s1. The van der Waals surface area contributed by atoms with Crippen molar-refractivity contribution in [3.63, 3.8) is 0 Å². The van der Waals surface area contributed by atoms with Gasteiger partial charge in [0.15, 0.2) is 6.10 Å². The van der Waals surface area contributed by atoms with Crippen LogP contribution in [-0.4, -0.2) is 69.2 Å². The van der Waals surface area contributed by atoms with Gasteiger partial charge in [0.1, 0.15) is 12.4 Å². The van der Waals surface area contributed by atoms with Crippen molar-refractivity contribution >= 4 is 25.5 Å². The largest absolute Gasteiger partial charge is 0.469 e. The number of allylic oxidation sites excluding steroid dienone is 5. The molecule has 1 aliphatic rings. The number of phosphoric acid groups is 1. The molecule has 0 saturated heterocycles. The lowest BCUT2D eigenvalue weighted by Crippen LogP contribution is -2.29. The Hall–Kier alpha value is -2.14. The van der Waals surface area contributed by atoms with Crippen LogP contribution in [-0.2, 0) is 32.9 Å². The number of carbonyl (C=O) groups excluding carboxylic acids is 3. The van der Waals surface area contributed by atoms with Gasteiger partial charge in [0.2, 0.25) is 0 Å². The average molecular weight is 771 g/mol. The number of carbonyl (C=O) groups is 3. The van der Waals surface area contributed by atoms with Crippen LogP contribution in [0.3, 0.4) is 0 Å². The summed E-state index contributed by atoms with van der Waals surface area (Å²) >= 11 is 0. The van der Waals surface area contributed by atoms with Gasteiger partial charge in [-0.05, 0) is 57.3 Å². The van der Waals surface area contributed by atoms with Crippen LogP contribution >= 0.6 is 7.82 Å². The number of esters is 2. The Labute approximate surface area is 319 Å². The van der Waals surface area contributed by atoms with Crippen molar-refractivity contribution in [3.8, 4) is 0 Å². The zero-order valence-corrected chi connectivity index (χ0v) is 33.5. The van der Waals surface area contributed by atoms with Gasteiger partial charge in [-0.3, -0.25) is 18.9 Å². The van der Waals surface area contributed by atoms with Crippen molar-refractivity contribution in [2.24, 2.45) is 11.8 Å². The number of Topliss-reactive ketones (excluding diaryl/α,β-unsaturated/α-hetero) is 1. The van der Waals surface area contributed by atoms with E-state index < -0.39 is 50.6 Å². The minimum Gasteiger partial charge on any atom is -0.462 e. The van der Waals surface area contributed by atoms with Gasteiger partial charge in [-0.1, -0.05) is 127 Å². The molecule has 0 amide bonds. The number of unbranched alkanes of at least 4 members (excludes halogenated alkanes) is 14. The smallest absolute Gasteiger partial charge is 0.462 e. The quantitative estimate of drug-likeness (QED) is 0.0165. The van der Waals surface area contributed by atoms with Crippen molar-refractivity contribution in [1.82, 2.24) is 0 Å². The van der Waals surface area contributed by atoms with Crippen LogP contribution < -0.4 is 0 Å². The highest BCUT2D eigenvalue weighted by atomic mass is 31.2. The molecule has 1 saturated carbocycles. The third-order valence-electron chi connectivity index (χ3n) is 9.57. The summed E-state index contributed by atoms with van der Waals surface area (Å²) in [6.45, 7) is 3.34. The fourth-order valence-corrected chi connectivity index (χ4v) is 6.80. The van der Waals surface area contributed by atoms with Crippen LogP contribution in [0.25, 0.3) is 0 Å². The van der Waals surface area contributed by atoms with Gasteiger partial charge in [-0.15, -0.1) is 0 Å². The van der Waals surface area contributed by atoms with Gasteiger partial charge in [0, 0.05) is 25.2 Å². The Morgan fingerprint density at radius 2 is 1.36 bits per heavy atom. The molecule has 0 heterocycles. The highest BCUT2D eigenvalue weighted by molar-refractivity contribution is 7.46. The fraction of sp³-hybridized carbons (Fsp3) is 0.780. The number of aliphatic hydroxyl groups is 2. The predicted octanol–water partition coefficient (Wildman–Crippen LogP) is 8.77. The van der Waals surface area contributed by atoms with Crippen molar-refractivity contribution in [3.05, 3.63) is 36.5 Å². The molecule has 11 nitrogen and oxygen atoms in total. The van der Waals surface area contributed by atoms with E-state index in [2.05, 4.69) is 42.7 Å². The molecule has 4 N–H and O–H groups in total. The van der Waals surface area contributed by atoms with Crippen LogP contribution in [0.4, 0.5) is 0 Å². The first kappa shape index (κ1) is 48.9. The van der Waals surface area contributed by atoms with Crippen molar-refractivity contribution in [1.29, 1.82) is 0 Å². The Kier molecular flexibility index (Phi) is 28.7. The molecular formula is C41H71O11P. The minimum atomic E-state index is -4.82. The maximum atomic E-state index is 12.5. The van der Waals surface area contributed by atoms with Crippen molar-refractivity contribution in [2.45, 2.75) is 180 Å². The summed E-state index contributed by atoms with van der Waals surface area (Å²) in [4.78, 5) is 55.5. The van der Waals surface area contributed by atoms with E-state index in [-0.39, 0.29) is 37.6 Å². The van der Waals surface area contributed by atoms with E-state index >= 15 is 0 Å². The minimum absolute atomic E-state index is 0.00108. The number of ketones is 1. The van der Waals surface area contributed by atoms with E-state index in [4.69, 9.17) is 19.3 Å². The van der Waals surface area contributed by atoms with E-state index in [1.165, 1.54) is 25.7 Å². The average Bonchev–Trinajstić information content (AvgIpc) is 3.38. The molecule has 5 atom stereocenters. The highest BCUT2D eigenvalue weighted by Crippen LogP contribution is 2.36. The zero-order chi connectivity index (χ0) is 39.2. The van der Waals surface area contributed by atoms with Crippen LogP contribution in [0.2, 0.25) is 0 Å². The number of phosphoric ester groups is 1. The zero-order valence-electron chi connectivity index (χ0n) is 32.6.